The molecule has 0 aliphatic rings. The first-order chi connectivity index (χ1) is 19.3. The van der Waals surface area contributed by atoms with E-state index in [0.29, 0.717) is 5.56 Å². The van der Waals surface area contributed by atoms with E-state index in [4.69, 9.17) is 0 Å². The fourth-order valence-corrected chi connectivity index (χ4v) is 4.90. The normalized spacial score (nSPS) is 10.5. The van der Waals surface area contributed by atoms with Crippen molar-refractivity contribution in [2.24, 2.45) is 0 Å². The predicted molar refractivity (Wildman–Crippen MR) is 163 cm³/mol. The van der Waals surface area contributed by atoms with E-state index < -0.39 is 0 Å². The first-order valence-corrected chi connectivity index (χ1v) is 13.0. The lowest BCUT2D eigenvalue weighted by molar-refractivity contribution is 1.48. The van der Waals surface area contributed by atoms with E-state index in [1.807, 2.05) is 36.4 Å². The highest BCUT2D eigenvalue weighted by Crippen LogP contribution is 2.36. The van der Waals surface area contributed by atoms with Crippen LogP contribution in [0.2, 0.25) is 0 Å². The number of rotatable bonds is 6. The van der Waals surface area contributed by atoms with Crippen molar-refractivity contribution in [3.63, 3.8) is 0 Å². The van der Waals surface area contributed by atoms with Crippen LogP contribution in [0.5, 0.6) is 0 Å². The summed E-state index contributed by atoms with van der Waals surface area (Å²) >= 11 is 0. The monoisotopic (exact) mass is 498 g/mol. The maximum Gasteiger partial charge on any atom is 0.0991 e. The second-order valence-electron chi connectivity index (χ2n) is 9.47. The van der Waals surface area contributed by atoms with Crippen molar-refractivity contribution in [3.05, 3.63) is 157 Å². The summed E-state index contributed by atoms with van der Waals surface area (Å²) in [7, 11) is 0. The van der Waals surface area contributed by atoms with Gasteiger partial charge in [0.2, 0.25) is 0 Å². The molecule has 0 fully saturated rings. The van der Waals surface area contributed by atoms with Crippen LogP contribution in [0, 0.1) is 11.3 Å². The molecule has 0 bridgehead atoms. The number of hydrogen-bond acceptors (Lipinski definition) is 2. The summed E-state index contributed by atoms with van der Waals surface area (Å²) in [6.45, 7) is 0. The maximum atomic E-state index is 9.33. The van der Waals surface area contributed by atoms with Crippen molar-refractivity contribution in [2.45, 2.75) is 0 Å². The third kappa shape index (κ3) is 5.34. The Balaban J connectivity index is 1.39. The molecule has 2 heteroatoms. The summed E-state index contributed by atoms with van der Waals surface area (Å²) in [5.74, 6) is 0. The molecule has 0 saturated carbocycles. The van der Waals surface area contributed by atoms with Gasteiger partial charge in [-0.3, -0.25) is 0 Å². The van der Waals surface area contributed by atoms with Gasteiger partial charge in [-0.2, -0.15) is 5.26 Å². The molecule has 0 unspecified atom stereocenters. The highest BCUT2D eigenvalue weighted by Gasteiger charge is 2.10. The van der Waals surface area contributed by atoms with Gasteiger partial charge >= 0.3 is 0 Å². The molecule has 39 heavy (non-hydrogen) atoms. The van der Waals surface area contributed by atoms with Gasteiger partial charge in [0.15, 0.2) is 0 Å². The minimum Gasteiger partial charge on any atom is -0.355 e. The summed E-state index contributed by atoms with van der Waals surface area (Å²) in [4.78, 5) is 0. The van der Waals surface area contributed by atoms with Gasteiger partial charge in [-0.25, -0.2) is 0 Å². The SMILES string of the molecule is N#Cc1cccc(-c2cccc(-c3ccc(Nc4cccc(-c5ccccc5)c4)c(-c4ccccc4)c3)c2)c1. The van der Waals surface area contributed by atoms with E-state index in [1.165, 1.54) is 11.1 Å². The van der Waals surface area contributed by atoms with Crippen LogP contribution in [0.25, 0.3) is 44.5 Å². The van der Waals surface area contributed by atoms with Gasteiger partial charge in [0.05, 0.1) is 11.6 Å². The molecule has 6 rings (SSSR count). The van der Waals surface area contributed by atoms with Crippen LogP contribution in [-0.4, -0.2) is 0 Å². The summed E-state index contributed by atoms with van der Waals surface area (Å²) in [5.41, 5.74) is 11.8. The Kier molecular flexibility index (Phi) is 6.72. The third-order valence-corrected chi connectivity index (χ3v) is 6.87. The standard InChI is InChI=1S/C37H26N2/c38-26-27-10-7-15-30(22-27)31-16-8-17-32(23-31)34-20-21-37(36(25-34)29-13-5-2-6-14-29)39-35-19-9-18-33(24-35)28-11-3-1-4-12-28/h1-25,39H. The Bertz CT molecular complexity index is 1780. The lowest BCUT2D eigenvalue weighted by Gasteiger charge is -2.16. The van der Waals surface area contributed by atoms with Crippen molar-refractivity contribution < 1.29 is 0 Å². The predicted octanol–water partition coefficient (Wildman–Crippen LogP) is 9.97. The number of nitrogens with zero attached hydrogens (tertiary/aromatic N) is 1. The van der Waals surface area contributed by atoms with E-state index in [0.717, 1.165) is 44.8 Å². The summed E-state index contributed by atoms with van der Waals surface area (Å²) in [6.07, 6.45) is 0. The van der Waals surface area contributed by atoms with Crippen LogP contribution in [0.1, 0.15) is 5.56 Å². The van der Waals surface area contributed by atoms with E-state index in [-0.39, 0.29) is 0 Å². The minimum absolute atomic E-state index is 0.663. The van der Waals surface area contributed by atoms with Gasteiger partial charge in [0.25, 0.3) is 0 Å². The van der Waals surface area contributed by atoms with Crippen molar-refractivity contribution in [1.82, 2.24) is 0 Å². The Labute approximate surface area is 229 Å². The zero-order valence-electron chi connectivity index (χ0n) is 21.4. The molecule has 0 saturated heterocycles. The van der Waals surface area contributed by atoms with Gasteiger partial charge in [0.1, 0.15) is 0 Å². The van der Waals surface area contributed by atoms with Crippen molar-refractivity contribution >= 4 is 11.4 Å². The topological polar surface area (TPSA) is 35.8 Å². The Morgan fingerprint density at radius 3 is 1.64 bits per heavy atom. The minimum atomic E-state index is 0.663. The van der Waals surface area contributed by atoms with Crippen LogP contribution in [0.4, 0.5) is 11.4 Å². The average molecular weight is 499 g/mol. The molecular weight excluding hydrogens is 472 g/mol. The molecule has 184 valence electrons. The number of nitrogens with one attached hydrogen (secondary N) is 1. The lowest BCUT2D eigenvalue weighted by atomic mass is 9.94. The fraction of sp³-hybridized carbons (Fsp3) is 0. The summed E-state index contributed by atoms with van der Waals surface area (Å²) in [5, 5.41) is 13.0. The number of nitriles is 1. The molecule has 0 aliphatic carbocycles. The van der Waals surface area contributed by atoms with Gasteiger partial charge < -0.3 is 5.32 Å². The number of benzene rings is 6. The zero-order valence-corrected chi connectivity index (χ0v) is 21.4. The Hall–Kier alpha value is -5.39. The van der Waals surface area contributed by atoms with E-state index in [9.17, 15) is 5.26 Å². The van der Waals surface area contributed by atoms with Gasteiger partial charge in [-0.15, -0.1) is 0 Å². The van der Waals surface area contributed by atoms with Crippen LogP contribution in [0.3, 0.4) is 0 Å². The summed E-state index contributed by atoms with van der Waals surface area (Å²) in [6, 6.07) is 54.5. The number of anilines is 2. The second-order valence-corrected chi connectivity index (χ2v) is 9.47. The molecular formula is C37H26N2. The van der Waals surface area contributed by atoms with Crippen LogP contribution in [0.15, 0.2) is 152 Å². The molecule has 2 nitrogen and oxygen atoms in total. The van der Waals surface area contributed by atoms with Gasteiger partial charge in [-0.1, -0.05) is 109 Å². The van der Waals surface area contributed by atoms with Crippen LogP contribution >= 0.6 is 0 Å². The zero-order chi connectivity index (χ0) is 26.4. The molecule has 1 N–H and O–H groups in total. The van der Waals surface area contributed by atoms with Crippen molar-refractivity contribution in [3.8, 4) is 50.6 Å². The molecule has 0 radical (unpaired) electrons. The molecule has 0 heterocycles. The lowest BCUT2D eigenvalue weighted by Crippen LogP contribution is -1.95. The molecule has 0 atom stereocenters. The molecule has 0 amide bonds. The molecule has 0 aliphatic heterocycles. The van der Waals surface area contributed by atoms with E-state index in [1.54, 1.807) is 0 Å². The van der Waals surface area contributed by atoms with Crippen molar-refractivity contribution in [2.75, 3.05) is 5.32 Å². The molecule has 6 aromatic rings. The first kappa shape index (κ1) is 24.0. The van der Waals surface area contributed by atoms with E-state index in [2.05, 4.69) is 127 Å². The van der Waals surface area contributed by atoms with Crippen LogP contribution < -0.4 is 5.32 Å². The van der Waals surface area contributed by atoms with Crippen molar-refractivity contribution in [1.29, 1.82) is 5.26 Å². The third-order valence-electron chi connectivity index (χ3n) is 6.87. The van der Waals surface area contributed by atoms with Crippen LogP contribution in [-0.2, 0) is 0 Å². The number of hydrogen-bond donors (Lipinski definition) is 1. The Morgan fingerprint density at radius 2 is 0.949 bits per heavy atom. The highest BCUT2D eigenvalue weighted by atomic mass is 14.9. The quantitative estimate of drug-likeness (QED) is 0.248. The average Bonchev–Trinajstić information content (AvgIpc) is 3.02. The smallest absolute Gasteiger partial charge is 0.0991 e. The summed E-state index contributed by atoms with van der Waals surface area (Å²) < 4.78 is 0. The fourth-order valence-electron chi connectivity index (χ4n) is 4.90. The first-order valence-electron chi connectivity index (χ1n) is 13.0. The Morgan fingerprint density at radius 1 is 0.410 bits per heavy atom. The van der Waals surface area contributed by atoms with E-state index >= 15 is 0 Å². The maximum absolute atomic E-state index is 9.33. The largest absolute Gasteiger partial charge is 0.355 e. The van der Waals surface area contributed by atoms with Gasteiger partial charge in [-0.05, 0) is 81.4 Å². The second kappa shape index (κ2) is 10.9. The highest BCUT2D eigenvalue weighted by molar-refractivity contribution is 5.86. The van der Waals surface area contributed by atoms with Gasteiger partial charge in [0, 0.05) is 16.9 Å². The molecule has 6 aromatic carbocycles. The molecule has 0 spiro atoms. The molecule has 0 aromatic heterocycles.